The second-order valence-electron chi connectivity index (χ2n) is 4.93. The minimum absolute atomic E-state index is 0.0205. The van der Waals surface area contributed by atoms with Crippen molar-refractivity contribution in [3.8, 4) is 0 Å². The highest BCUT2D eigenvalue weighted by Crippen LogP contribution is 2.25. The molecule has 0 unspecified atom stereocenters. The Labute approximate surface area is 110 Å². The Bertz CT molecular complexity index is 532. The van der Waals surface area contributed by atoms with Crippen molar-refractivity contribution >= 4 is 27.4 Å². The number of aromatic nitrogens is 3. The first-order valence-electron chi connectivity index (χ1n) is 5.56. The second kappa shape index (κ2) is 4.29. The Morgan fingerprint density at radius 2 is 2.12 bits per heavy atom. The summed E-state index contributed by atoms with van der Waals surface area (Å²) in [6.07, 6.45) is 1.59. The van der Waals surface area contributed by atoms with Crippen molar-refractivity contribution < 1.29 is 0 Å². The van der Waals surface area contributed by atoms with Crippen molar-refractivity contribution in [1.29, 1.82) is 0 Å². The maximum Gasteiger partial charge on any atom is 0.157 e. The van der Waals surface area contributed by atoms with Crippen molar-refractivity contribution in [3.05, 3.63) is 24.0 Å². The topological polar surface area (TPSA) is 33.4 Å². The van der Waals surface area contributed by atoms with E-state index >= 15 is 0 Å². The van der Waals surface area contributed by atoms with E-state index in [-0.39, 0.29) is 5.54 Å². The van der Waals surface area contributed by atoms with Crippen LogP contribution in [0, 0.1) is 6.92 Å². The molecule has 0 saturated carbocycles. The fourth-order valence-corrected chi connectivity index (χ4v) is 2.05. The van der Waals surface area contributed by atoms with E-state index in [4.69, 9.17) is 0 Å². The summed E-state index contributed by atoms with van der Waals surface area (Å²) in [4.78, 5) is 6.46. The number of aryl methyl sites for hydroxylation is 1. The molecule has 0 amide bonds. The molecule has 4 nitrogen and oxygen atoms in total. The zero-order valence-electron chi connectivity index (χ0n) is 10.6. The molecule has 2 heterocycles. The van der Waals surface area contributed by atoms with E-state index in [9.17, 15) is 0 Å². The van der Waals surface area contributed by atoms with Crippen molar-refractivity contribution in [2.75, 3.05) is 17.3 Å². The van der Waals surface area contributed by atoms with Crippen LogP contribution in [0.4, 0.5) is 5.82 Å². The fourth-order valence-electron chi connectivity index (χ4n) is 1.67. The monoisotopic (exact) mass is 296 g/mol. The Morgan fingerprint density at radius 1 is 1.41 bits per heavy atom. The largest absolute Gasteiger partial charge is 0.354 e. The van der Waals surface area contributed by atoms with Gasteiger partial charge >= 0.3 is 0 Å². The molecule has 2 aromatic rings. The summed E-state index contributed by atoms with van der Waals surface area (Å²) in [5.74, 6) is 1.06. The average molecular weight is 297 g/mol. The Hall–Kier alpha value is -1.10. The zero-order valence-corrected chi connectivity index (χ0v) is 12.2. The van der Waals surface area contributed by atoms with Crippen LogP contribution in [-0.4, -0.2) is 32.5 Å². The molecule has 2 aromatic heterocycles. The third-order valence-electron chi connectivity index (χ3n) is 3.08. The SMILES string of the molecule is Cc1cc(N(C)C(C)(C)CBr)n2ncnc2c1. The highest BCUT2D eigenvalue weighted by atomic mass is 79.9. The van der Waals surface area contributed by atoms with Crippen LogP contribution in [0.5, 0.6) is 0 Å². The quantitative estimate of drug-likeness (QED) is 0.817. The Kier molecular flexibility index (Phi) is 3.12. The predicted octanol–water partition coefficient (Wildman–Crippen LogP) is 2.65. The third kappa shape index (κ3) is 2.16. The average Bonchev–Trinajstić information content (AvgIpc) is 2.74. The van der Waals surface area contributed by atoms with E-state index in [1.807, 2.05) is 10.6 Å². The zero-order chi connectivity index (χ0) is 12.6. The molecule has 5 heteroatoms. The van der Waals surface area contributed by atoms with Gasteiger partial charge in [-0.15, -0.1) is 0 Å². The van der Waals surface area contributed by atoms with Gasteiger partial charge in [0.1, 0.15) is 12.1 Å². The number of halogens is 1. The molecule has 0 aliphatic carbocycles. The van der Waals surface area contributed by atoms with Crippen LogP contribution in [0.15, 0.2) is 18.5 Å². The van der Waals surface area contributed by atoms with E-state index in [0.717, 1.165) is 16.8 Å². The first-order chi connectivity index (χ1) is 7.95. The molecular formula is C12H17BrN4. The summed E-state index contributed by atoms with van der Waals surface area (Å²) in [5, 5.41) is 5.17. The summed E-state index contributed by atoms with van der Waals surface area (Å²) < 4.78 is 1.87. The van der Waals surface area contributed by atoms with Crippen LogP contribution < -0.4 is 4.90 Å². The smallest absolute Gasteiger partial charge is 0.157 e. The number of pyridine rings is 1. The lowest BCUT2D eigenvalue weighted by Gasteiger charge is -2.35. The molecule has 0 aliphatic rings. The van der Waals surface area contributed by atoms with Crippen molar-refractivity contribution in [2.24, 2.45) is 0 Å². The van der Waals surface area contributed by atoms with Gasteiger partial charge in [-0.05, 0) is 38.5 Å². The lowest BCUT2D eigenvalue weighted by Crippen LogP contribution is -2.43. The first kappa shape index (κ1) is 12.4. The van der Waals surface area contributed by atoms with Crippen molar-refractivity contribution in [2.45, 2.75) is 26.3 Å². The predicted molar refractivity (Wildman–Crippen MR) is 74.0 cm³/mol. The molecular weight excluding hydrogens is 280 g/mol. The van der Waals surface area contributed by atoms with Crippen LogP contribution in [0.25, 0.3) is 5.65 Å². The van der Waals surface area contributed by atoms with Gasteiger partial charge in [-0.1, -0.05) is 15.9 Å². The second-order valence-corrected chi connectivity index (χ2v) is 5.49. The maximum atomic E-state index is 4.28. The van der Waals surface area contributed by atoms with E-state index in [1.54, 1.807) is 6.33 Å². The molecule has 0 N–H and O–H groups in total. The minimum atomic E-state index is 0.0205. The van der Waals surface area contributed by atoms with E-state index < -0.39 is 0 Å². The molecule has 0 bridgehead atoms. The summed E-state index contributed by atoms with van der Waals surface area (Å²) in [6, 6.07) is 4.16. The van der Waals surface area contributed by atoms with Crippen LogP contribution >= 0.6 is 15.9 Å². The van der Waals surface area contributed by atoms with Crippen LogP contribution in [0.2, 0.25) is 0 Å². The van der Waals surface area contributed by atoms with E-state index in [1.165, 1.54) is 5.56 Å². The van der Waals surface area contributed by atoms with Gasteiger partial charge in [0, 0.05) is 17.9 Å². The summed E-state index contributed by atoms with van der Waals surface area (Å²) in [7, 11) is 2.08. The molecule has 0 atom stereocenters. The van der Waals surface area contributed by atoms with Crippen molar-refractivity contribution in [3.63, 3.8) is 0 Å². The minimum Gasteiger partial charge on any atom is -0.354 e. The fraction of sp³-hybridized carbons (Fsp3) is 0.500. The molecule has 0 fully saturated rings. The lowest BCUT2D eigenvalue weighted by molar-refractivity contribution is 0.542. The highest BCUT2D eigenvalue weighted by Gasteiger charge is 2.24. The van der Waals surface area contributed by atoms with Crippen LogP contribution in [0.3, 0.4) is 0 Å². The number of hydrogen-bond donors (Lipinski definition) is 0. The van der Waals surface area contributed by atoms with Gasteiger partial charge in [0.15, 0.2) is 5.65 Å². The van der Waals surface area contributed by atoms with Gasteiger partial charge in [-0.25, -0.2) is 4.98 Å². The van der Waals surface area contributed by atoms with E-state index in [2.05, 4.69) is 64.8 Å². The number of alkyl halides is 1. The maximum absolute atomic E-state index is 4.28. The van der Waals surface area contributed by atoms with Gasteiger partial charge in [-0.2, -0.15) is 9.61 Å². The number of nitrogens with zero attached hydrogens (tertiary/aromatic N) is 4. The van der Waals surface area contributed by atoms with Gasteiger partial charge in [0.2, 0.25) is 0 Å². The van der Waals surface area contributed by atoms with Gasteiger partial charge in [0.25, 0.3) is 0 Å². The van der Waals surface area contributed by atoms with Crippen LogP contribution in [-0.2, 0) is 0 Å². The summed E-state index contributed by atoms with van der Waals surface area (Å²) in [5.41, 5.74) is 2.10. The van der Waals surface area contributed by atoms with Gasteiger partial charge < -0.3 is 4.90 Å². The standard InChI is InChI=1S/C12H17BrN4/c1-9-5-10-14-8-15-17(10)11(6-9)16(4)12(2,3)7-13/h5-6,8H,7H2,1-4H3. The summed E-state index contributed by atoms with van der Waals surface area (Å²) in [6.45, 7) is 6.45. The first-order valence-corrected chi connectivity index (χ1v) is 6.68. The third-order valence-corrected chi connectivity index (χ3v) is 4.46. The van der Waals surface area contributed by atoms with Gasteiger partial charge in [-0.3, -0.25) is 0 Å². The summed E-state index contributed by atoms with van der Waals surface area (Å²) >= 11 is 3.56. The van der Waals surface area contributed by atoms with Crippen molar-refractivity contribution in [1.82, 2.24) is 14.6 Å². The molecule has 0 spiro atoms. The molecule has 92 valence electrons. The molecule has 0 radical (unpaired) electrons. The van der Waals surface area contributed by atoms with Gasteiger partial charge in [0.05, 0.1) is 0 Å². The van der Waals surface area contributed by atoms with Crippen LogP contribution in [0.1, 0.15) is 19.4 Å². The molecule has 0 aliphatic heterocycles. The van der Waals surface area contributed by atoms with E-state index in [0.29, 0.717) is 0 Å². The number of fused-ring (bicyclic) bond motifs is 1. The number of rotatable bonds is 3. The molecule has 2 rings (SSSR count). The number of hydrogen-bond acceptors (Lipinski definition) is 3. The molecule has 0 aromatic carbocycles. The lowest BCUT2D eigenvalue weighted by atomic mass is 10.1. The Morgan fingerprint density at radius 3 is 2.76 bits per heavy atom. The normalized spacial score (nSPS) is 12.1. The molecule has 0 saturated heterocycles. The highest BCUT2D eigenvalue weighted by molar-refractivity contribution is 9.09. The Balaban J connectivity index is 2.58. The molecule has 17 heavy (non-hydrogen) atoms. The number of anilines is 1.